The Labute approximate surface area is 166 Å². The topological polar surface area (TPSA) is 41.6 Å². The predicted octanol–water partition coefficient (Wildman–Crippen LogP) is 4.28. The van der Waals surface area contributed by atoms with Crippen molar-refractivity contribution in [2.24, 2.45) is 0 Å². The van der Waals surface area contributed by atoms with Crippen molar-refractivity contribution in [3.8, 4) is 5.75 Å². The molecule has 2 aromatic carbocycles. The van der Waals surface area contributed by atoms with Crippen molar-refractivity contribution < 1.29 is 9.53 Å². The quantitative estimate of drug-likeness (QED) is 0.795. The SMILES string of the molecule is C=CCOc1ccc(/C=C/[C@]23NC(=O)CCN2c2ccccc2C3(C)C)cc1. The summed E-state index contributed by atoms with van der Waals surface area (Å²) < 4.78 is 5.55. The van der Waals surface area contributed by atoms with Crippen molar-refractivity contribution in [2.45, 2.75) is 31.3 Å². The van der Waals surface area contributed by atoms with Crippen LogP contribution in [0.3, 0.4) is 0 Å². The third-order valence-electron chi connectivity index (χ3n) is 5.90. The highest BCUT2D eigenvalue weighted by atomic mass is 16.5. The van der Waals surface area contributed by atoms with Gasteiger partial charge in [-0.05, 0) is 35.4 Å². The maximum Gasteiger partial charge on any atom is 0.223 e. The monoisotopic (exact) mass is 374 g/mol. The van der Waals surface area contributed by atoms with E-state index in [4.69, 9.17) is 4.74 Å². The summed E-state index contributed by atoms with van der Waals surface area (Å²) in [5.74, 6) is 0.909. The molecule has 1 atom stereocenters. The number of benzene rings is 2. The number of rotatable bonds is 5. The minimum atomic E-state index is -0.579. The summed E-state index contributed by atoms with van der Waals surface area (Å²) in [6.07, 6.45) is 6.47. The first kappa shape index (κ1) is 18.4. The van der Waals surface area contributed by atoms with Gasteiger partial charge in [-0.15, -0.1) is 0 Å². The molecule has 0 radical (unpaired) electrons. The number of fused-ring (bicyclic) bond motifs is 3. The summed E-state index contributed by atoms with van der Waals surface area (Å²) in [6.45, 7) is 9.28. The van der Waals surface area contributed by atoms with Crippen molar-refractivity contribution >= 4 is 17.7 Å². The van der Waals surface area contributed by atoms with Gasteiger partial charge in [0.1, 0.15) is 18.0 Å². The lowest BCUT2D eigenvalue weighted by Crippen LogP contribution is -2.68. The Morgan fingerprint density at radius 1 is 1.18 bits per heavy atom. The van der Waals surface area contributed by atoms with Gasteiger partial charge >= 0.3 is 0 Å². The van der Waals surface area contributed by atoms with Crippen LogP contribution < -0.4 is 15.0 Å². The van der Waals surface area contributed by atoms with Crippen LogP contribution in [0.25, 0.3) is 6.08 Å². The molecule has 0 unspecified atom stereocenters. The Balaban J connectivity index is 1.70. The second-order valence-corrected chi connectivity index (χ2v) is 7.86. The summed E-state index contributed by atoms with van der Waals surface area (Å²) in [5, 5.41) is 3.30. The third kappa shape index (κ3) is 2.80. The van der Waals surface area contributed by atoms with Crippen LogP contribution in [0.1, 0.15) is 31.4 Å². The molecule has 1 fully saturated rings. The molecule has 2 aliphatic heterocycles. The second-order valence-electron chi connectivity index (χ2n) is 7.86. The van der Waals surface area contributed by atoms with Gasteiger partial charge in [0, 0.05) is 24.1 Å². The normalized spacial score (nSPS) is 22.5. The lowest BCUT2D eigenvalue weighted by Gasteiger charge is -2.49. The Kier molecular flexibility index (Phi) is 4.50. The minimum Gasteiger partial charge on any atom is -0.490 e. The van der Waals surface area contributed by atoms with E-state index in [0.29, 0.717) is 19.6 Å². The number of carbonyl (C=O) groups is 1. The Morgan fingerprint density at radius 2 is 1.93 bits per heavy atom. The van der Waals surface area contributed by atoms with Crippen molar-refractivity contribution in [1.82, 2.24) is 5.32 Å². The highest BCUT2D eigenvalue weighted by Gasteiger charge is 2.57. The lowest BCUT2D eigenvalue weighted by molar-refractivity contribution is -0.124. The molecule has 144 valence electrons. The standard InChI is InChI=1S/C24H26N2O2/c1-4-17-28-19-11-9-18(10-12-19)13-15-24-23(2,3)20-7-5-6-8-21(20)26(24)16-14-22(27)25-24/h4-13,15H,1,14,16-17H2,2-3H3,(H,25,27)/b15-13+/t24-/m0/s1. The van der Waals surface area contributed by atoms with Crippen LogP contribution in [0.4, 0.5) is 5.69 Å². The molecular formula is C24H26N2O2. The third-order valence-corrected chi connectivity index (χ3v) is 5.90. The fourth-order valence-electron chi connectivity index (χ4n) is 4.37. The Morgan fingerprint density at radius 3 is 2.68 bits per heavy atom. The number of ether oxygens (including phenoxy) is 1. The van der Waals surface area contributed by atoms with E-state index in [9.17, 15) is 4.79 Å². The van der Waals surface area contributed by atoms with E-state index in [0.717, 1.165) is 11.3 Å². The summed E-state index contributed by atoms with van der Waals surface area (Å²) in [7, 11) is 0. The summed E-state index contributed by atoms with van der Waals surface area (Å²) in [5.41, 5.74) is 2.68. The highest BCUT2D eigenvalue weighted by molar-refractivity contribution is 5.84. The van der Waals surface area contributed by atoms with Crippen LogP contribution in [0, 0.1) is 0 Å². The predicted molar refractivity (Wildman–Crippen MR) is 113 cm³/mol. The molecule has 28 heavy (non-hydrogen) atoms. The molecule has 1 saturated heterocycles. The van der Waals surface area contributed by atoms with E-state index in [1.54, 1.807) is 6.08 Å². The highest BCUT2D eigenvalue weighted by Crippen LogP contribution is 2.52. The van der Waals surface area contributed by atoms with Gasteiger partial charge in [-0.1, -0.05) is 62.9 Å². The second kappa shape index (κ2) is 6.86. The zero-order chi connectivity index (χ0) is 19.8. The molecule has 4 rings (SSSR count). The van der Waals surface area contributed by atoms with E-state index in [-0.39, 0.29) is 11.3 Å². The first-order valence-electron chi connectivity index (χ1n) is 9.69. The number of nitrogens with one attached hydrogen (secondary N) is 1. The van der Waals surface area contributed by atoms with E-state index in [1.807, 2.05) is 24.3 Å². The number of para-hydroxylation sites is 1. The molecule has 0 bridgehead atoms. The smallest absolute Gasteiger partial charge is 0.223 e. The van der Waals surface area contributed by atoms with Gasteiger partial charge in [-0.25, -0.2) is 0 Å². The van der Waals surface area contributed by atoms with Crippen molar-refractivity contribution in [3.63, 3.8) is 0 Å². The molecule has 4 heteroatoms. The molecule has 1 N–H and O–H groups in total. The van der Waals surface area contributed by atoms with Crippen molar-refractivity contribution in [1.29, 1.82) is 0 Å². The molecule has 0 saturated carbocycles. The van der Waals surface area contributed by atoms with Crippen LogP contribution in [-0.4, -0.2) is 24.7 Å². The van der Waals surface area contributed by atoms with Gasteiger partial charge in [-0.2, -0.15) is 0 Å². The molecule has 2 aromatic rings. The summed E-state index contributed by atoms with van der Waals surface area (Å²) >= 11 is 0. The maximum atomic E-state index is 12.4. The Bertz CT molecular complexity index is 930. The molecular weight excluding hydrogens is 348 g/mol. The minimum absolute atomic E-state index is 0.0926. The zero-order valence-electron chi connectivity index (χ0n) is 16.4. The van der Waals surface area contributed by atoms with Crippen molar-refractivity contribution in [2.75, 3.05) is 18.1 Å². The number of carbonyl (C=O) groups excluding carboxylic acids is 1. The fourth-order valence-corrected chi connectivity index (χ4v) is 4.37. The molecule has 2 heterocycles. The van der Waals surface area contributed by atoms with E-state index >= 15 is 0 Å². The lowest BCUT2D eigenvalue weighted by atomic mass is 9.74. The fraction of sp³-hybridized carbons (Fsp3) is 0.292. The van der Waals surface area contributed by atoms with E-state index in [2.05, 4.69) is 67.1 Å². The summed E-state index contributed by atoms with van der Waals surface area (Å²) in [4.78, 5) is 14.7. The number of amides is 1. The number of hydrogen-bond acceptors (Lipinski definition) is 3. The zero-order valence-corrected chi connectivity index (χ0v) is 16.4. The van der Waals surface area contributed by atoms with Crippen LogP contribution in [0.15, 0.2) is 67.3 Å². The van der Waals surface area contributed by atoms with Crippen LogP contribution in [-0.2, 0) is 10.2 Å². The van der Waals surface area contributed by atoms with Gasteiger partial charge in [0.05, 0.1) is 0 Å². The van der Waals surface area contributed by atoms with Crippen LogP contribution in [0.5, 0.6) is 5.75 Å². The molecule has 2 aliphatic rings. The number of anilines is 1. The average molecular weight is 374 g/mol. The van der Waals surface area contributed by atoms with Gasteiger partial charge in [0.25, 0.3) is 0 Å². The first-order chi connectivity index (χ1) is 13.5. The largest absolute Gasteiger partial charge is 0.490 e. The Hall–Kier alpha value is -3.01. The first-order valence-corrected chi connectivity index (χ1v) is 9.69. The van der Waals surface area contributed by atoms with Gasteiger partial charge in [0.2, 0.25) is 5.91 Å². The number of hydrogen-bond donors (Lipinski definition) is 1. The van der Waals surface area contributed by atoms with Gasteiger partial charge in [-0.3, -0.25) is 4.79 Å². The molecule has 0 spiro atoms. The van der Waals surface area contributed by atoms with Gasteiger partial charge < -0.3 is 15.0 Å². The van der Waals surface area contributed by atoms with Crippen LogP contribution >= 0.6 is 0 Å². The molecule has 0 aromatic heterocycles. The summed E-state index contributed by atoms with van der Waals surface area (Å²) in [6, 6.07) is 16.4. The van der Waals surface area contributed by atoms with Gasteiger partial charge in [0.15, 0.2) is 0 Å². The molecule has 0 aliphatic carbocycles. The number of nitrogens with zero attached hydrogens (tertiary/aromatic N) is 1. The maximum absolute atomic E-state index is 12.4. The molecule has 4 nitrogen and oxygen atoms in total. The van der Waals surface area contributed by atoms with Crippen molar-refractivity contribution in [3.05, 3.63) is 78.4 Å². The average Bonchev–Trinajstić information content (AvgIpc) is 2.90. The van der Waals surface area contributed by atoms with Crippen LogP contribution in [0.2, 0.25) is 0 Å². The van der Waals surface area contributed by atoms with E-state index in [1.165, 1.54) is 11.3 Å². The van der Waals surface area contributed by atoms with E-state index < -0.39 is 5.66 Å². The molecule has 1 amide bonds.